The second kappa shape index (κ2) is 7.21. The number of rotatable bonds is 8. The predicted octanol–water partition coefficient (Wildman–Crippen LogP) is 2.73. The second-order valence-electron chi connectivity index (χ2n) is 4.66. The van der Waals surface area contributed by atoms with Crippen molar-refractivity contribution in [1.29, 1.82) is 0 Å². The normalized spacial score (nSPS) is 14.1. The Morgan fingerprint density at radius 1 is 1.25 bits per heavy atom. The lowest BCUT2D eigenvalue weighted by Crippen LogP contribution is -2.14. The predicted molar refractivity (Wildman–Crippen MR) is 64.4 cm³/mol. The van der Waals surface area contributed by atoms with Crippen molar-refractivity contribution in [3.63, 3.8) is 0 Å². The Labute approximate surface area is 97.6 Å². The van der Waals surface area contributed by atoms with Crippen LogP contribution < -0.4 is 0 Å². The van der Waals surface area contributed by atoms with Gasteiger partial charge in [0.2, 0.25) is 0 Å². The average molecular weight is 250 g/mol. The maximum absolute atomic E-state index is 11.2. The highest BCUT2D eigenvalue weighted by atomic mass is 31.2. The van der Waals surface area contributed by atoms with Crippen molar-refractivity contribution < 1.29 is 19.1 Å². The summed E-state index contributed by atoms with van der Waals surface area (Å²) in [6.45, 7) is 5.86. The fourth-order valence-corrected chi connectivity index (χ4v) is 2.52. The van der Waals surface area contributed by atoms with Gasteiger partial charge in [0, 0.05) is 12.8 Å². The summed E-state index contributed by atoms with van der Waals surface area (Å²) < 4.78 is 11.2. The molecule has 16 heavy (non-hydrogen) atoms. The van der Waals surface area contributed by atoms with Crippen molar-refractivity contribution in [1.82, 2.24) is 0 Å². The first kappa shape index (κ1) is 15.8. The van der Waals surface area contributed by atoms with Crippen LogP contribution in [-0.2, 0) is 9.36 Å². The SMILES string of the molecule is CCC(=O)CC(CCCC(C)C)P(=O)(O)O. The van der Waals surface area contributed by atoms with E-state index in [0.717, 1.165) is 12.8 Å². The number of Topliss-reactive ketones (excluding diaryl/α,β-unsaturated/α-hetero) is 1. The van der Waals surface area contributed by atoms with Gasteiger partial charge in [-0.05, 0) is 12.3 Å². The number of hydrogen-bond acceptors (Lipinski definition) is 2. The van der Waals surface area contributed by atoms with Crippen molar-refractivity contribution in [2.24, 2.45) is 5.92 Å². The van der Waals surface area contributed by atoms with Gasteiger partial charge in [0.25, 0.3) is 0 Å². The van der Waals surface area contributed by atoms with Gasteiger partial charge in [0.15, 0.2) is 0 Å². The lowest BCUT2D eigenvalue weighted by molar-refractivity contribution is -0.118. The molecule has 0 fully saturated rings. The quantitative estimate of drug-likeness (QED) is 0.649. The van der Waals surface area contributed by atoms with E-state index in [0.29, 0.717) is 18.8 Å². The summed E-state index contributed by atoms with van der Waals surface area (Å²) in [5.41, 5.74) is -0.779. The highest BCUT2D eigenvalue weighted by Crippen LogP contribution is 2.45. The van der Waals surface area contributed by atoms with Crippen LogP contribution in [0.25, 0.3) is 0 Å². The lowest BCUT2D eigenvalue weighted by atomic mass is 10.0. The number of carbonyl (C=O) groups is 1. The summed E-state index contributed by atoms with van der Waals surface area (Å²) in [6, 6.07) is 0. The van der Waals surface area contributed by atoms with Crippen LogP contribution in [0.15, 0.2) is 0 Å². The summed E-state index contributed by atoms with van der Waals surface area (Å²) in [5.74, 6) is 0.456. The van der Waals surface area contributed by atoms with E-state index in [4.69, 9.17) is 9.79 Å². The first-order valence-corrected chi connectivity index (χ1v) is 7.52. The summed E-state index contributed by atoms with van der Waals surface area (Å²) in [7, 11) is -4.12. The number of hydrogen-bond donors (Lipinski definition) is 2. The molecule has 0 heterocycles. The monoisotopic (exact) mass is 250 g/mol. The molecule has 0 amide bonds. The van der Waals surface area contributed by atoms with Crippen LogP contribution in [0.2, 0.25) is 0 Å². The third-order valence-corrected chi connectivity index (χ3v) is 4.04. The third kappa shape index (κ3) is 7.15. The van der Waals surface area contributed by atoms with Crippen LogP contribution >= 0.6 is 7.60 Å². The minimum atomic E-state index is -4.12. The Bertz CT molecular complexity index is 257. The van der Waals surface area contributed by atoms with Crippen molar-refractivity contribution >= 4 is 13.4 Å². The maximum atomic E-state index is 11.2. The highest BCUT2D eigenvalue weighted by Gasteiger charge is 2.29. The Morgan fingerprint density at radius 2 is 1.81 bits per heavy atom. The summed E-state index contributed by atoms with van der Waals surface area (Å²) in [6.07, 6.45) is 2.51. The topological polar surface area (TPSA) is 74.6 Å². The van der Waals surface area contributed by atoms with Gasteiger partial charge in [0.05, 0.1) is 5.66 Å². The molecule has 0 aliphatic rings. The molecule has 5 heteroatoms. The molecular formula is C11H23O4P. The molecule has 0 rings (SSSR count). The Morgan fingerprint density at radius 3 is 2.19 bits per heavy atom. The molecule has 0 spiro atoms. The van der Waals surface area contributed by atoms with Crippen LogP contribution in [-0.4, -0.2) is 21.2 Å². The van der Waals surface area contributed by atoms with Crippen LogP contribution in [0, 0.1) is 5.92 Å². The van der Waals surface area contributed by atoms with E-state index in [1.54, 1.807) is 6.92 Å². The average Bonchev–Trinajstić information content (AvgIpc) is 2.13. The smallest absolute Gasteiger partial charge is 0.324 e. The molecule has 0 aromatic carbocycles. The third-order valence-electron chi connectivity index (χ3n) is 2.65. The molecule has 4 nitrogen and oxygen atoms in total. The van der Waals surface area contributed by atoms with Crippen LogP contribution in [0.1, 0.15) is 52.9 Å². The van der Waals surface area contributed by atoms with E-state index in [9.17, 15) is 9.36 Å². The molecular weight excluding hydrogens is 227 g/mol. The summed E-state index contributed by atoms with van der Waals surface area (Å²) in [5, 5.41) is 0. The molecule has 0 bridgehead atoms. The second-order valence-corrected chi connectivity index (χ2v) is 6.57. The zero-order valence-corrected chi connectivity index (χ0v) is 11.2. The van der Waals surface area contributed by atoms with E-state index in [1.165, 1.54) is 0 Å². The zero-order chi connectivity index (χ0) is 12.8. The minimum absolute atomic E-state index is 0.0128. The highest BCUT2D eigenvalue weighted by molar-refractivity contribution is 7.52. The largest absolute Gasteiger partial charge is 0.329 e. The fourth-order valence-electron chi connectivity index (χ4n) is 1.56. The molecule has 0 aliphatic carbocycles. The maximum Gasteiger partial charge on any atom is 0.329 e. The van der Waals surface area contributed by atoms with Crippen molar-refractivity contribution in [3.05, 3.63) is 0 Å². The number of carbonyl (C=O) groups excluding carboxylic acids is 1. The summed E-state index contributed by atoms with van der Waals surface area (Å²) >= 11 is 0. The molecule has 0 aromatic rings. The Hall–Kier alpha value is -0.180. The van der Waals surface area contributed by atoms with Gasteiger partial charge in [-0.25, -0.2) is 0 Å². The molecule has 0 aliphatic heterocycles. The van der Waals surface area contributed by atoms with E-state index in [2.05, 4.69) is 13.8 Å². The van der Waals surface area contributed by atoms with Crippen molar-refractivity contribution in [2.45, 2.75) is 58.5 Å². The van der Waals surface area contributed by atoms with Crippen LogP contribution in [0.5, 0.6) is 0 Å². The van der Waals surface area contributed by atoms with Gasteiger partial charge in [-0.3, -0.25) is 9.36 Å². The molecule has 96 valence electrons. The summed E-state index contributed by atoms with van der Waals surface area (Å²) in [4.78, 5) is 29.5. The van der Waals surface area contributed by atoms with Crippen LogP contribution in [0.4, 0.5) is 0 Å². The van der Waals surface area contributed by atoms with E-state index >= 15 is 0 Å². The standard InChI is InChI=1S/C11H23O4P/c1-4-10(12)8-11(16(13,14)15)7-5-6-9(2)3/h9,11H,4-8H2,1-3H3,(H2,13,14,15). The van der Waals surface area contributed by atoms with Crippen molar-refractivity contribution in [3.8, 4) is 0 Å². The van der Waals surface area contributed by atoms with E-state index in [1.807, 2.05) is 0 Å². The van der Waals surface area contributed by atoms with Gasteiger partial charge in [-0.1, -0.05) is 33.6 Å². The molecule has 0 aromatic heterocycles. The van der Waals surface area contributed by atoms with Gasteiger partial charge in [-0.15, -0.1) is 0 Å². The molecule has 1 atom stereocenters. The zero-order valence-electron chi connectivity index (χ0n) is 10.3. The van der Waals surface area contributed by atoms with Crippen molar-refractivity contribution in [2.75, 3.05) is 0 Å². The first-order valence-electron chi connectivity index (χ1n) is 5.84. The van der Waals surface area contributed by atoms with Crippen LogP contribution in [0.3, 0.4) is 0 Å². The van der Waals surface area contributed by atoms with Gasteiger partial charge >= 0.3 is 7.60 Å². The van der Waals surface area contributed by atoms with E-state index < -0.39 is 13.3 Å². The molecule has 2 N–H and O–H groups in total. The Kier molecular flexibility index (Phi) is 7.12. The Balaban J connectivity index is 4.23. The fraction of sp³-hybridized carbons (Fsp3) is 0.909. The molecule has 0 saturated heterocycles. The van der Waals surface area contributed by atoms with Gasteiger partial charge in [0.1, 0.15) is 5.78 Å². The van der Waals surface area contributed by atoms with Gasteiger partial charge in [-0.2, -0.15) is 0 Å². The number of ketones is 1. The minimum Gasteiger partial charge on any atom is -0.324 e. The molecule has 0 radical (unpaired) electrons. The first-order chi connectivity index (χ1) is 7.27. The molecule has 0 saturated carbocycles. The molecule has 1 unspecified atom stereocenters. The van der Waals surface area contributed by atoms with Gasteiger partial charge < -0.3 is 9.79 Å². The lowest BCUT2D eigenvalue weighted by Gasteiger charge is -2.17. The van der Waals surface area contributed by atoms with E-state index in [-0.39, 0.29) is 12.2 Å².